The molecule has 1 saturated carbocycles. The molecule has 3 nitrogen and oxygen atoms in total. The highest BCUT2D eigenvalue weighted by Gasteiger charge is 2.40. The molecule has 0 atom stereocenters. The molecule has 1 aliphatic carbocycles. The summed E-state index contributed by atoms with van der Waals surface area (Å²) in [5, 5.41) is 4.02. The van der Waals surface area contributed by atoms with Gasteiger partial charge in [-0.05, 0) is 19.3 Å². The van der Waals surface area contributed by atoms with E-state index in [0.717, 1.165) is 13.0 Å². The molecule has 2 rings (SSSR count). The molecule has 0 spiro atoms. The Bertz CT molecular complexity index is 290. The van der Waals surface area contributed by atoms with E-state index in [1.165, 1.54) is 12.8 Å². The standard InChI is InChI=1S/C9H11N3/c1-2-9(3-4-9)5-6-12-8-10-7-11-12/h1,7-8H,3-6H2. The van der Waals surface area contributed by atoms with E-state index in [2.05, 4.69) is 16.0 Å². The summed E-state index contributed by atoms with van der Waals surface area (Å²) in [6, 6.07) is 0. The minimum Gasteiger partial charge on any atom is -0.253 e. The van der Waals surface area contributed by atoms with E-state index in [1.54, 1.807) is 12.7 Å². The Labute approximate surface area is 71.8 Å². The van der Waals surface area contributed by atoms with Gasteiger partial charge >= 0.3 is 0 Å². The van der Waals surface area contributed by atoms with Gasteiger partial charge in [0.1, 0.15) is 12.7 Å². The fourth-order valence-corrected chi connectivity index (χ4v) is 1.29. The van der Waals surface area contributed by atoms with E-state index in [4.69, 9.17) is 6.42 Å². The van der Waals surface area contributed by atoms with Crippen LogP contribution in [0.1, 0.15) is 19.3 Å². The number of terminal acetylenes is 1. The molecule has 0 radical (unpaired) electrons. The van der Waals surface area contributed by atoms with E-state index in [1.807, 2.05) is 4.68 Å². The second kappa shape index (κ2) is 2.63. The average molecular weight is 161 g/mol. The summed E-state index contributed by atoms with van der Waals surface area (Å²) in [4.78, 5) is 3.87. The van der Waals surface area contributed by atoms with Crippen molar-refractivity contribution in [2.45, 2.75) is 25.8 Å². The predicted molar refractivity (Wildman–Crippen MR) is 45.1 cm³/mol. The van der Waals surface area contributed by atoms with Gasteiger partial charge in [0.05, 0.1) is 0 Å². The molecule has 1 aliphatic rings. The van der Waals surface area contributed by atoms with Crippen LogP contribution < -0.4 is 0 Å². The van der Waals surface area contributed by atoms with E-state index in [9.17, 15) is 0 Å². The molecule has 0 aliphatic heterocycles. The van der Waals surface area contributed by atoms with Crippen molar-refractivity contribution in [3.63, 3.8) is 0 Å². The van der Waals surface area contributed by atoms with Gasteiger partial charge < -0.3 is 0 Å². The molecule has 62 valence electrons. The topological polar surface area (TPSA) is 30.7 Å². The zero-order valence-corrected chi connectivity index (χ0v) is 6.90. The van der Waals surface area contributed by atoms with Crippen molar-refractivity contribution < 1.29 is 0 Å². The first-order valence-electron chi connectivity index (χ1n) is 4.15. The van der Waals surface area contributed by atoms with Gasteiger partial charge in [-0.3, -0.25) is 4.68 Å². The first-order valence-corrected chi connectivity index (χ1v) is 4.15. The van der Waals surface area contributed by atoms with Crippen LogP contribution in [0.5, 0.6) is 0 Å². The monoisotopic (exact) mass is 161 g/mol. The minimum absolute atomic E-state index is 0.200. The first kappa shape index (κ1) is 7.35. The van der Waals surface area contributed by atoms with Crippen LogP contribution in [0.25, 0.3) is 0 Å². The molecule has 0 amide bonds. The Balaban J connectivity index is 1.88. The Morgan fingerprint density at radius 2 is 2.42 bits per heavy atom. The van der Waals surface area contributed by atoms with Crippen LogP contribution >= 0.6 is 0 Å². The average Bonchev–Trinajstić information content (AvgIpc) is 2.70. The van der Waals surface area contributed by atoms with Gasteiger partial charge in [-0.15, -0.1) is 6.42 Å². The summed E-state index contributed by atoms with van der Waals surface area (Å²) in [6.07, 6.45) is 12.1. The summed E-state index contributed by atoms with van der Waals surface area (Å²) < 4.78 is 1.83. The van der Waals surface area contributed by atoms with Crippen LogP contribution in [-0.2, 0) is 6.54 Å². The smallest absolute Gasteiger partial charge is 0.137 e. The van der Waals surface area contributed by atoms with Crippen LogP contribution in [0.4, 0.5) is 0 Å². The van der Waals surface area contributed by atoms with Gasteiger partial charge in [0.15, 0.2) is 0 Å². The van der Waals surface area contributed by atoms with Crippen molar-refractivity contribution in [3.8, 4) is 12.3 Å². The molecule has 1 aromatic rings. The zero-order valence-electron chi connectivity index (χ0n) is 6.90. The van der Waals surface area contributed by atoms with Crippen molar-refractivity contribution >= 4 is 0 Å². The molecular weight excluding hydrogens is 150 g/mol. The number of aryl methyl sites for hydroxylation is 1. The van der Waals surface area contributed by atoms with Crippen LogP contribution in [-0.4, -0.2) is 14.8 Å². The van der Waals surface area contributed by atoms with E-state index in [0.29, 0.717) is 0 Å². The Hall–Kier alpha value is -1.30. The van der Waals surface area contributed by atoms with Gasteiger partial charge in [-0.25, -0.2) is 4.98 Å². The third-order valence-electron chi connectivity index (χ3n) is 2.45. The van der Waals surface area contributed by atoms with E-state index >= 15 is 0 Å². The quantitative estimate of drug-likeness (QED) is 0.621. The molecule has 12 heavy (non-hydrogen) atoms. The van der Waals surface area contributed by atoms with Crippen molar-refractivity contribution in [2.75, 3.05) is 0 Å². The highest BCUT2D eigenvalue weighted by molar-refractivity contribution is 5.14. The summed E-state index contributed by atoms with van der Waals surface area (Å²) in [5.41, 5.74) is 0.200. The van der Waals surface area contributed by atoms with Crippen LogP contribution in [0.2, 0.25) is 0 Å². The molecular formula is C9H11N3. The molecule has 1 heterocycles. The number of hydrogen-bond donors (Lipinski definition) is 0. The zero-order chi connectivity index (χ0) is 8.44. The van der Waals surface area contributed by atoms with Gasteiger partial charge in [0, 0.05) is 12.0 Å². The maximum Gasteiger partial charge on any atom is 0.137 e. The fourth-order valence-electron chi connectivity index (χ4n) is 1.29. The number of rotatable bonds is 3. The Kier molecular flexibility index (Phi) is 1.61. The molecule has 1 aromatic heterocycles. The largest absolute Gasteiger partial charge is 0.253 e. The second-order valence-corrected chi connectivity index (χ2v) is 3.33. The molecule has 0 saturated heterocycles. The maximum absolute atomic E-state index is 5.41. The minimum atomic E-state index is 0.200. The fraction of sp³-hybridized carbons (Fsp3) is 0.556. The van der Waals surface area contributed by atoms with Crippen LogP contribution in [0.15, 0.2) is 12.7 Å². The van der Waals surface area contributed by atoms with Crippen LogP contribution in [0.3, 0.4) is 0 Å². The maximum atomic E-state index is 5.41. The van der Waals surface area contributed by atoms with Gasteiger partial charge in [0.2, 0.25) is 0 Å². The summed E-state index contributed by atoms with van der Waals surface area (Å²) in [7, 11) is 0. The molecule has 1 fully saturated rings. The van der Waals surface area contributed by atoms with Crippen molar-refractivity contribution in [1.82, 2.24) is 14.8 Å². The SMILES string of the molecule is C#CC1(CCn2cncn2)CC1. The van der Waals surface area contributed by atoms with Crippen LogP contribution in [0, 0.1) is 17.8 Å². The molecule has 0 bridgehead atoms. The van der Waals surface area contributed by atoms with Crippen molar-refractivity contribution in [2.24, 2.45) is 5.41 Å². The number of hydrogen-bond acceptors (Lipinski definition) is 2. The molecule has 3 heteroatoms. The summed E-state index contributed by atoms with van der Waals surface area (Å²) in [5.74, 6) is 2.85. The normalized spacial score (nSPS) is 18.6. The van der Waals surface area contributed by atoms with E-state index in [-0.39, 0.29) is 5.41 Å². The number of nitrogens with zero attached hydrogens (tertiary/aromatic N) is 3. The number of aromatic nitrogens is 3. The Morgan fingerprint density at radius 3 is 2.92 bits per heavy atom. The first-order chi connectivity index (χ1) is 5.85. The predicted octanol–water partition coefficient (Wildman–Crippen LogP) is 1.08. The lowest BCUT2D eigenvalue weighted by Crippen LogP contribution is -2.05. The highest BCUT2D eigenvalue weighted by Crippen LogP contribution is 2.48. The summed E-state index contributed by atoms with van der Waals surface area (Å²) >= 11 is 0. The molecule has 0 unspecified atom stereocenters. The van der Waals surface area contributed by atoms with Gasteiger partial charge in [-0.1, -0.05) is 5.92 Å². The Morgan fingerprint density at radius 1 is 1.58 bits per heavy atom. The lowest BCUT2D eigenvalue weighted by Gasteiger charge is -2.05. The van der Waals surface area contributed by atoms with E-state index < -0.39 is 0 Å². The third kappa shape index (κ3) is 1.33. The summed E-state index contributed by atoms with van der Waals surface area (Å²) in [6.45, 7) is 0.893. The molecule has 0 aromatic carbocycles. The van der Waals surface area contributed by atoms with Gasteiger partial charge in [-0.2, -0.15) is 5.10 Å². The molecule has 0 N–H and O–H groups in total. The van der Waals surface area contributed by atoms with Crippen molar-refractivity contribution in [1.29, 1.82) is 0 Å². The lowest BCUT2D eigenvalue weighted by atomic mass is 10.0. The highest BCUT2D eigenvalue weighted by atomic mass is 15.3. The third-order valence-corrected chi connectivity index (χ3v) is 2.45. The lowest BCUT2D eigenvalue weighted by molar-refractivity contribution is 0.492. The van der Waals surface area contributed by atoms with Gasteiger partial charge in [0.25, 0.3) is 0 Å². The second-order valence-electron chi connectivity index (χ2n) is 3.33. The van der Waals surface area contributed by atoms with Crippen molar-refractivity contribution in [3.05, 3.63) is 12.7 Å².